The fraction of sp³-hybridized carbons (Fsp3) is 0.500. The van der Waals surface area contributed by atoms with E-state index in [-0.39, 0.29) is 24.0 Å². The van der Waals surface area contributed by atoms with Crippen molar-refractivity contribution in [3.8, 4) is 0 Å². The van der Waals surface area contributed by atoms with Crippen LogP contribution in [0.2, 0.25) is 5.02 Å². The number of nitrogens with one attached hydrogen (secondary N) is 1. The summed E-state index contributed by atoms with van der Waals surface area (Å²) >= 11 is 6.09. The van der Waals surface area contributed by atoms with Gasteiger partial charge in [0.1, 0.15) is 18.7 Å². The van der Waals surface area contributed by atoms with Crippen molar-refractivity contribution >= 4 is 41.5 Å². The Morgan fingerprint density at radius 3 is 2.67 bits per heavy atom. The van der Waals surface area contributed by atoms with Crippen molar-refractivity contribution in [3.63, 3.8) is 0 Å². The highest BCUT2D eigenvalue weighted by Gasteiger charge is 2.19. The van der Waals surface area contributed by atoms with Crippen molar-refractivity contribution < 1.29 is 0 Å². The summed E-state index contributed by atoms with van der Waals surface area (Å²) in [5.74, 6) is 1.80. The van der Waals surface area contributed by atoms with Gasteiger partial charge in [-0.1, -0.05) is 23.7 Å². The van der Waals surface area contributed by atoms with E-state index in [4.69, 9.17) is 16.6 Å². The number of aromatic nitrogens is 3. The lowest BCUT2D eigenvalue weighted by Gasteiger charge is -2.36. The first-order chi connectivity index (χ1) is 12.7. The zero-order valence-electron chi connectivity index (χ0n) is 15.8. The largest absolute Gasteiger partial charge is 0.357 e. The molecule has 0 atom stereocenters. The van der Waals surface area contributed by atoms with E-state index in [0.717, 1.165) is 56.1 Å². The molecular weight excluding hydrogens is 477 g/mol. The van der Waals surface area contributed by atoms with Gasteiger partial charge in [0.15, 0.2) is 5.96 Å². The van der Waals surface area contributed by atoms with Gasteiger partial charge in [0.05, 0.1) is 0 Å². The summed E-state index contributed by atoms with van der Waals surface area (Å²) in [6.45, 7) is 8.30. The molecule has 1 fully saturated rings. The van der Waals surface area contributed by atoms with Gasteiger partial charge in [-0.05, 0) is 24.6 Å². The van der Waals surface area contributed by atoms with Crippen molar-refractivity contribution in [3.05, 3.63) is 47.0 Å². The Morgan fingerprint density at radius 1 is 1.26 bits per heavy atom. The minimum Gasteiger partial charge on any atom is -0.357 e. The second-order valence-electron chi connectivity index (χ2n) is 6.36. The minimum absolute atomic E-state index is 0. The Kier molecular flexibility index (Phi) is 8.78. The summed E-state index contributed by atoms with van der Waals surface area (Å²) in [4.78, 5) is 13.7. The molecule has 1 N–H and O–H groups in total. The first-order valence-electron chi connectivity index (χ1n) is 8.98. The van der Waals surface area contributed by atoms with E-state index in [9.17, 15) is 0 Å². The Morgan fingerprint density at radius 2 is 2.04 bits per heavy atom. The number of hydrogen-bond acceptors (Lipinski definition) is 4. The van der Waals surface area contributed by atoms with Crippen LogP contribution in [0.4, 0.5) is 0 Å². The number of piperazine rings is 1. The lowest BCUT2D eigenvalue weighted by Crippen LogP contribution is -2.52. The van der Waals surface area contributed by atoms with Crippen LogP contribution in [-0.4, -0.2) is 63.2 Å². The van der Waals surface area contributed by atoms with Crippen LogP contribution in [-0.2, 0) is 20.1 Å². The summed E-state index contributed by atoms with van der Waals surface area (Å²) < 4.78 is 1.76. The Hall–Kier alpha value is -1.39. The third-order valence-corrected chi connectivity index (χ3v) is 4.71. The summed E-state index contributed by atoms with van der Waals surface area (Å²) in [5.41, 5.74) is 1.26. The molecule has 1 aromatic carbocycles. The van der Waals surface area contributed by atoms with Crippen molar-refractivity contribution in [2.45, 2.75) is 20.0 Å². The number of halogens is 2. The van der Waals surface area contributed by atoms with Crippen LogP contribution in [0.15, 0.2) is 35.6 Å². The molecule has 0 saturated carbocycles. The van der Waals surface area contributed by atoms with Crippen LogP contribution in [0.25, 0.3) is 0 Å². The highest BCUT2D eigenvalue weighted by molar-refractivity contribution is 14.0. The van der Waals surface area contributed by atoms with Gasteiger partial charge in [-0.15, -0.1) is 24.0 Å². The van der Waals surface area contributed by atoms with E-state index in [1.807, 2.05) is 25.2 Å². The molecule has 0 amide bonds. The fourth-order valence-electron chi connectivity index (χ4n) is 3.05. The SMILES string of the molecule is CCNC(=NCc1ncnn1C)N1CCN(Cc2cccc(Cl)c2)CC1.I. The third-order valence-electron chi connectivity index (χ3n) is 4.48. The van der Waals surface area contributed by atoms with Crippen molar-refractivity contribution in [2.24, 2.45) is 12.0 Å². The lowest BCUT2D eigenvalue weighted by molar-refractivity contribution is 0.172. The molecule has 0 unspecified atom stereocenters. The molecule has 27 heavy (non-hydrogen) atoms. The van der Waals surface area contributed by atoms with Crippen LogP contribution in [0, 0.1) is 0 Å². The van der Waals surface area contributed by atoms with E-state index in [1.54, 1.807) is 11.0 Å². The molecule has 9 heteroatoms. The highest BCUT2D eigenvalue weighted by Crippen LogP contribution is 2.14. The van der Waals surface area contributed by atoms with E-state index >= 15 is 0 Å². The van der Waals surface area contributed by atoms with Gasteiger partial charge in [0.2, 0.25) is 0 Å². The lowest BCUT2D eigenvalue weighted by atomic mass is 10.2. The predicted molar refractivity (Wildman–Crippen MR) is 120 cm³/mol. The first kappa shape index (κ1) is 21.9. The summed E-state index contributed by atoms with van der Waals surface area (Å²) in [6, 6.07) is 8.10. The highest BCUT2D eigenvalue weighted by atomic mass is 127. The predicted octanol–water partition coefficient (Wildman–Crippen LogP) is 2.37. The molecule has 7 nitrogen and oxygen atoms in total. The summed E-state index contributed by atoms with van der Waals surface area (Å²) in [5, 5.41) is 8.28. The first-order valence-corrected chi connectivity index (χ1v) is 9.36. The van der Waals surface area contributed by atoms with Crippen LogP contribution in [0.5, 0.6) is 0 Å². The zero-order valence-corrected chi connectivity index (χ0v) is 18.9. The Bertz CT molecular complexity index is 741. The molecule has 148 valence electrons. The molecule has 1 saturated heterocycles. The van der Waals surface area contributed by atoms with Crippen LogP contribution in [0.3, 0.4) is 0 Å². The standard InChI is InChI=1S/C18H26ClN7.HI/c1-3-20-18(21-12-17-22-14-23-24(17)2)26-9-7-25(8-10-26)13-15-5-4-6-16(19)11-15;/h4-6,11,14H,3,7-10,12-13H2,1-2H3,(H,20,21);1H. The van der Waals surface area contributed by atoms with Crippen LogP contribution < -0.4 is 5.32 Å². The second kappa shape index (κ2) is 10.8. The fourth-order valence-corrected chi connectivity index (χ4v) is 3.26. The molecule has 2 heterocycles. The van der Waals surface area contributed by atoms with Crippen molar-refractivity contribution in [1.29, 1.82) is 0 Å². The number of guanidine groups is 1. The molecule has 0 bridgehead atoms. The van der Waals surface area contributed by atoms with Gasteiger partial charge in [-0.3, -0.25) is 9.58 Å². The average molecular weight is 504 g/mol. The maximum atomic E-state index is 6.09. The van der Waals surface area contributed by atoms with E-state index < -0.39 is 0 Å². The van der Waals surface area contributed by atoms with Gasteiger partial charge in [-0.2, -0.15) is 5.10 Å². The Balaban J connectivity index is 0.00000261. The molecule has 1 aliphatic rings. The number of nitrogens with zero attached hydrogens (tertiary/aromatic N) is 6. The van der Waals surface area contributed by atoms with Gasteiger partial charge >= 0.3 is 0 Å². The molecule has 1 aliphatic heterocycles. The van der Waals surface area contributed by atoms with Crippen molar-refractivity contribution in [1.82, 2.24) is 29.9 Å². The molecule has 0 aliphatic carbocycles. The second-order valence-corrected chi connectivity index (χ2v) is 6.80. The molecule has 0 spiro atoms. The minimum atomic E-state index is 0. The van der Waals surface area contributed by atoms with Gasteiger partial charge in [-0.25, -0.2) is 9.98 Å². The summed E-state index contributed by atoms with van der Waals surface area (Å²) in [7, 11) is 1.89. The van der Waals surface area contributed by atoms with E-state index in [1.165, 1.54) is 5.56 Å². The van der Waals surface area contributed by atoms with Crippen molar-refractivity contribution in [2.75, 3.05) is 32.7 Å². The maximum absolute atomic E-state index is 6.09. The van der Waals surface area contributed by atoms with Gasteiger partial charge in [0, 0.05) is 51.3 Å². The number of benzene rings is 1. The number of aryl methyl sites for hydroxylation is 1. The molecule has 0 radical (unpaired) electrons. The van der Waals surface area contributed by atoms with Crippen LogP contribution >= 0.6 is 35.6 Å². The van der Waals surface area contributed by atoms with Crippen LogP contribution in [0.1, 0.15) is 18.3 Å². The summed E-state index contributed by atoms with van der Waals surface area (Å²) in [6.07, 6.45) is 1.56. The Labute approximate surface area is 182 Å². The monoisotopic (exact) mass is 503 g/mol. The quantitative estimate of drug-likeness (QED) is 0.386. The maximum Gasteiger partial charge on any atom is 0.194 e. The molecular formula is C18H27ClIN7. The average Bonchev–Trinajstić information content (AvgIpc) is 3.04. The third kappa shape index (κ3) is 6.32. The van der Waals surface area contributed by atoms with Gasteiger partial charge in [0.25, 0.3) is 0 Å². The zero-order chi connectivity index (χ0) is 18.4. The van der Waals surface area contributed by atoms with Gasteiger partial charge < -0.3 is 10.2 Å². The number of rotatable bonds is 5. The number of hydrogen-bond donors (Lipinski definition) is 1. The smallest absolute Gasteiger partial charge is 0.194 e. The number of aliphatic imine (C=N–C) groups is 1. The van der Waals surface area contributed by atoms with E-state index in [0.29, 0.717) is 6.54 Å². The molecule has 3 rings (SSSR count). The normalized spacial score (nSPS) is 15.5. The molecule has 2 aromatic rings. The molecule has 1 aromatic heterocycles. The topological polar surface area (TPSA) is 61.6 Å². The van der Waals surface area contributed by atoms with E-state index in [2.05, 4.69) is 38.2 Å².